The Balaban J connectivity index is 1.32. The minimum atomic E-state index is -0.125. The van der Waals surface area contributed by atoms with E-state index in [1.165, 1.54) is 37.3 Å². The first kappa shape index (κ1) is 20.1. The van der Waals surface area contributed by atoms with Gasteiger partial charge in [0.15, 0.2) is 0 Å². The zero-order valence-corrected chi connectivity index (χ0v) is 21.1. The summed E-state index contributed by atoms with van der Waals surface area (Å²) in [5.74, 6) is 0.666. The molecule has 0 bridgehead atoms. The average Bonchev–Trinajstić information content (AvgIpc) is 3.56. The highest BCUT2D eigenvalue weighted by Gasteiger charge is 2.55. The molecule has 0 fully saturated rings. The molecule has 0 saturated heterocycles. The van der Waals surface area contributed by atoms with Crippen molar-refractivity contribution in [1.82, 2.24) is 4.98 Å². The Labute approximate surface area is 212 Å². The molecule has 4 unspecified atom stereocenters. The molecule has 1 aliphatic heterocycles. The molecule has 0 saturated carbocycles. The third kappa shape index (κ3) is 2.54. The number of nitrogens with zero attached hydrogens (tertiary/aromatic N) is 1. The molecule has 0 spiro atoms. The number of hydrogen-bond acceptors (Lipinski definition) is 4. The first-order valence-electron chi connectivity index (χ1n) is 12.1. The molecule has 0 amide bonds. The van der Waals surface area contributed by atoms with Crippen LogP contribution in [0.2, 0.25) is 0 Å². The summed E-state index contributed by atoms with van der Waals surface area (Å²) in [7, 11) is 0. The minimum absolute atomic E-state index is 0.0705. The number of hydrogen-bond donors (Lipinski definition) is 0. The van der Waals surface area contributed by atoms with Crippen LogP contribution in [0.4, 0.5) is 0 Å². The van der Waals surface area contributed by atoms with Gasteiger partial charge >= 0.3 is 0 Å². The van der Waals surface area contributed by atoms with Crippen LogP contribution < -0.4 is 0 Å². The fourth-order valence-electron chi connectivity index (χ4n) is 6.58. The second-order valence-corrected chi connectivity index (χ2v) is 12.7. The monoisotopic (exact) mass is 489 g/mol. The molecule has 4 aromatic rings. The van der Waals surface area contributed by atoms with Crippen LogP contribution in [-0.4, -0.2) is 9.73 Å². The fraction of sp³-hybridized carbons (Fsp3) is 0.194. The zero-order valence-electron chi connectivity index (χ0n) is 19.5. The first-order valence-corrected chi connectivity index (χ1v) is 13.8. The van der Waals surface area contributed by atoms with Gasteiger partial charge in [0.05, 0.1) is 11.2 Å². The molecule has 2 aromatic heterocycles. The SMILES string of the molecule is CC12C=CC=CC1C1=C(S2)C2(C)c3scnc3C=C(c3ccc4c(c3)oc3ccccc34)C2C=C1. The maximum atomic E-state index is 6.26. The Morgan fingerprint density at radius 1 is 0.943 bits per heavy atom. The standard InChI is InChI=1S/C31H23NOS2/c1-30-14-6-5-8-23(30)21-12-13-24-22(16-25-29(34-17-32-25)31(24,2)28(21)35-30)18-10-11-20-19-7-3-4-9-26(19)33-27(20)15-18/h3-17,23-24H,1-2H3. The van der Waals surface area contributed by atoms with E-state index >= 15 is 0 Å². The minimum Gasteiger partial charge on any atom is -0.456 e. The van der Waals surface area contributed by atoms with Gasteiger partial charge in [-0.15, -0.1) is 23.1 Å². The molecule has 8 rings (SSSR count). The van der Waals surface area contributed by atoms with Gasteiger partial charge in [0.1, 0.15) is 11.2 Å². The summed E-state index contributed by atoms with van der Waals surface area (Å²) in [6.45, 7) is 4.83. The second kappa shape index (κ2) is 6.77. The number of aromatic nitrogens is 1. The molecule has 170 valence electrons. The van der Waals surface area contributed by atoms with Crippen molar-refractivity contribution in [1.29, 1.82) is 0 Å². The van der Waals surface area contributed by atoms with Crippen molar-refractivity contribution >= 4 is 56.7 Å². The predicted molar refractivity (Wildman–Crippen MR) is 148 cm³/mol. The van der Waals surface area contributed by atoms with Crippen molar-refractivity contribution in [3.05, 3.63) is 111 Å². The van der Waals surface area contributed by atoms with E-state index in [2.05, 4.69) is 98.5 Å². The van der Waals surface area contributed by atoms with Gasteiger partial charge in [0.2, 0.25) is 0 Å². The molecule has 35 heavy (non-hydrogen) atoms. The van der Waals surface area contributed by atoms with Gasteiger partial charge in [-0.1, -0.05) is 60.7 Å². The van der Waals surface area contributed by atoms with Crippen molar-refractivity contribution in [2.75, 3.05) is 0 Å². The molecular weight excluding hydrogens is 466 g/mol. The number of benzene rings is 2. The van der Waals surface area contributed by atoms with Crippen LogP contribution in [0.1, 0.15) is 30.0 Å². The molecule has 0 N–H and O–H groups in total. The van der Waals surface area contributed by atoms with Crippen LogP contribution in [-0.2, 0) is 5.41 Å². The van der Waals surface area contributed by atoms with E-state index in [9.17, 15) is 0 Å². The molecule has 0 radical (unpaired) electrons. The summed E-state index contributed by atoms with van der Waals surface area (Å²) in [6, 6.07) is 15.0. The number of thiazole rings is 1. The highest BCUT2D eigenvalue weighted by Crippen LogP contribution is 2.65. The topological polar surface area (TPSA) is 26.0 Å². The highest BCUT2D eigenvalue weighted by molar-refractivity contribution is 8.05. The lowest BCUT2D eigenvalue weighted by Crippen LogP contribution is -2.37. The van der Waals surface area contributed by atoms with Gasteiger partial charge in [0.25, 0.3) is 0 Å². The lowest BCUT2D eigenvalue weighted by atomic mass is 9.63. The summed E-state index contributed by atoms with van der Waals surface area (Å²) in [5.41, 5.74) is 8.90. The number of furan rings is 1. The fourth-order valence-corrected chi connectivity index (χ4v) is 9.29. The van der Waals surface area contributed by atoms with Gasteiger partial charge in [-0.05, 0) is 54.8 Å². The number of para-hydroxylation sites is 1. The molecule has 3 heterocycles. The summed E-state index contributed by atoms with van der Waals surface area (Å²) in [6.07, 6.45) is 16.4. The van der Waals surface area contributed by atoms with Crippen molar-refractivity contribution in [3.63, 3.8) is 0 Å². The normalized spacial score (nSPS) is 30.4. The van der Waals surface area contributed by atoms with Gasteiger partial charge in [0, 0.05) is 42.6 Å². The van der Waals surface area contributed by atoms with E-state index < -0.39 is 0 Å². The van der Waals surface area contributed by atoms with E-state index in [0.717, 1.165) is 16.9 Å². The van der Waals surface area contributed by atoms with Crippen LogP contribution >= 0.6 is 23.1 Å². The van der Waals surface area contributed by atoms with Gasteiger partial charge < -0.3 is 4.42 Å². The number of thioether (sulfide) groups is 1. The third-order valence-corrected chi connectivity index (χ3v) is 11.1. The van der Waals surface area contributed by atoms with E-state index in [1.54, 1.807) is 11.3 Å². The van der Waals surface area contributed by atoms with Crippen molar-refractivity contribution < 1.29 is 4.42 Å². The Morgan fingerprint density at radius 2 is 1.83 bits per heavy atom. The molecule has 4 atom stereocenters. The van der Waals surface area contributed by atoms with Crippen molar-refractivity contribution in [2.24, 2.45) is 11.8 Å². The van der Waals surface area contributed by atoms with Crippen LogP contribution in [0.5, 0.6) is 0 Å². The zero-order chi connectivity index (χ0) is 23.4. The van der Waals surface area contributed by atoms with Crippen LogP contribution in [0.15, 0.2) is 99.3 Å². The van der Waals surface area contributed by atoms with Crippen molar-refractivity contribution in [2.45, 2.75) is 24.0 Å². The lowest BCUT2D eigenvalue weighted by Gasteiger charge is -2.43. The van der Waals surface area contributed by atoms with Crippen LogP contribution in [0, 0.1) is 11.8 Å². The maximum absolute atomic E-state index is 6.26. The molecule has 3 aliphatic carbocycles. The molecular formula is C31H23NOS2. The summed E-state index contributed by atoms with van der Waals surface area (Å²) in [4.78, 5) is 7.72. The highest BCUT2D eigenvalue weighted by atomic mass is 32.2. The summed E-state index contributed by atoms with van der Waals surface area (Å²) in [5, 5.41) is 2.34. The van der Waals surface area contributed by atoms with E-state index in [4.69, 9.17) is 9.40 Å². The Bertz CT molecular complexity index is 1730. The quantitative estimate of drug-likeness (QED) is 0.268. The smallest absolute Gasteiger partial charge is 0.136 e. The summed E-state index contributed by atoms with van der Waals surface area (Å²) >= 11 is 3.86. The van der Waals surface area contributed by atoms with Gasteiger partial charge in [-0.2, -0.15) is 0 Å². The maximum Gasteiger partial charge on any atom is 0.136 e. The number of allylic oxidation sites excluding steroid dienone is 8. The summed E-state index contributed by atoms with van der Waals surface area (Å²) < 4.78 is 6.33. The molecule has 4 aliphatic rings. The van der Waals surface area contributed by atoms with Crippen LogP contribution in [0.25, 0.3) is 33.6 Å². The number of rotatable bonds is 1. The molecule has 2 aromatic carbocycles. The largest absolute Gasteiger partial charge is 0.456 e. The van der Waals surface area contributed by atoms with Crippen LogP contribution in [0.3, 0.4) is 0 Å². The predicted octanol–water partition coefficient (Wildman–Crippen LogP) is 8.54. The lowest BCUT2D eigenvalue weighted by molar-refractivity contribution is 0.498. The molecule has 4 heteroatoms. The van der Waals surface area contributed by atoms with E-state index in [0.29, 0.717) is 5.92 Å². The van der Waals surface area contributed by atoms with E-state index in [-0.39, 0.29) is 16.1 Å². The van der Waals surface area contributed by atoms with E-state index in [1.807, 2.05) is 17.6 Å². The Morgan fingerprint density at radius 3 is 2.77 bits per heavy atom. The number of fused-ring (bicyclic) bond motifs is 9. The van der Waals surface area contributed by atoms with Gasteiger partial charge in [-0.3, -0.25) is 0 Å². The first-order chi connectivity index (χ1) is 17.1. The second-order valence-electron chi connectivity index (χ2n) is 10.3. The van der Waals surface area contributed by atoms with Gasteiger partial charge in [-0.25, -0.2) is 4.98 Å². The molecule has 2 nitrogen and oxygen atoms in total. The third-order valence-electron chi connectivity index (χ3n) is 8.35. The van der Waals surface area contributed by atoms with Crippen molar-refractivity contribution in [3.8, 4) is 0 Å². The average molecular weight is 490 g/mol. The Hall–Kier alpha value is -3.08. The Kier molecular flexibility index (Phi) is 3.90.